The van der Waals surface area contributed by atoms with Crippen LogP contribution < -0.4 is 0 Å². The smallest absolute Gasteiger partial charge is 0.341 e. The Hall–Kier alpha value is -3.76. The lowest BCUT2D eigenvalue weighted by Crippen LogP contribution is -2.04. The maximum Gasteiger partial charge on any atom is 0.341 e. The first-order valence-electron chi connectivity index (χ1n) is 10.2. The third-order valence-electron chi connectivity index (χ3n) is 4.71. The van der Waals surface area contributed by atoms with E-state index >= 15 is 0 Å². The van der Waals surface area contributed by atoms with E-state index in [1.165, 1.54) is 6.20 Å². The van der Waals surface area contributed by atoms with Gasteiger partial charge in [-0.05, 0) is 56.7 Å². The summed E-state index contributed by atoms with van der Waals surface area (Å²) in [7, 11) is 0. The molecule has 4 rings (SSSR count). The van der Waals surface area contributed by atoms with Crippen LogP contribution in [0.1, 0.15) is 44.7 Å². The molecule has 32 heavy (non-hydrogen) atoms. The molecule has 3 aromatic heterocycles. The molecule has 0 aliphatic carbocycles. The topological polar surface area (TPSA) is 69.9 Å². The zero-order valence-corrected chi connectivity index (χ0v) is 18.9. The Labute approximate surface area is 190 Å². The minimum Gasteiger partial charge on any atom is -0.462 e. The van der Waals surface area contributed by atoms with E-state index < -0.39 is 0 Å². The van der Waals surface area contributed by atoms with Crippen molar-refractivity contribution in [3.05, 3.63) is 87.3 Å². The van der Waals surface area contributed by atoms with Gasteiger partial charge in [-0.25, -0.2) is 9.78 Å². The number of nitrogens with zero attached hydrogens (tertiary/aromatic N) is 4. The van der Waals surface area contributed by atoms with E-state index in [1.807, 2.05) is 24.4 Å². The average molecular weight is 443 g/mol. The van der Waals surface area contributed by atoms with Crippen LogP contribution in [0.2, 0.25) is 0 Å². The largest absolute Gasteiger partial charge is 0.462 e. The number of hydrogen-bond acceptors (Lipinski definition) is 6. The van der Waals surface area contributed by atoms with Gasteiger partial charge >= 0.3 is 5.97 Å². The van der Waals surface area contributed by atoms with Crippen LogP contribution in [-0.4, -0.2) is 32.3 Å². The van der Waals surface area contributed by atoms with Crippen molar-refractivity contribution < 1.29 is 9.53 Å². The van der Waals surface area contributed by atoms with Gasteiger partial charge in [0.15, 0.2) is 0 Å². The van der Waals surface area contributed by atoms with E-state index in [0.29, 0.717) is 18.7 Å². The second-order valence-corrected chi connectivity index (χ2v) is 8.19. The van der Waals surface area contributed by atoms with Crippen LogP contribution in [-0.2, 0) is 11.3 Å². The lowest BCUT2D eigenvalue weighted by Gasteiger charge is -2.02. The zero-order valence-electron chi connectivity index (χ0n) is 18.1. The van der Waals surface area contributed by atoms with E-state index in [0.717, 1.165) is 38.6 Å². The molecule has 0 aliphatic heterocycles. The SMILES string of the molecule is CCOC(=O)c1cnn(Cc2nc(-c3cc(C)cc(C#Cc4cccnc4C)c3)cs2)c1. The van der Waals surface area contributed by atoms with Gasteiger partial charge in [-0.15, -0.1) is 11.3 Å². The number of aromatic nitrogens is 4. The molecule has 0 bridgehead atoms. The maximum atomic E-state index is 11.8. The summed E-state index contributed by atoms with van der Waals surface area (Å²) in [5.41, 5.74) is 6.25. The van der Waals surface area contributed by atoms with Crippen LogP contribution in [0.4, 0.5) is 0 Å². The van der Waals surface area contributed by atoms with Gasteiger partial charge in [0.1, 0.15) is 5.01 Å². The molecule has 0 aliphatic rings. The molecule has 6 nitrogen and oxygen atoms in total. The van der Waals surface area contributed by atoms with Gasteiger partial charge in [0.2, 0.25) is 0 Å². The molecule has 0 atom stereocenters. The molecular weight excluding hydrogens is 420 g/mol. The minimum absolute atomic E-state index is 0.338. The summed E-state index contributed by atoms with van der Waals surface area (Å²) in [6.45, 7) is 6.62. The van der Waals surface area contributed by atoms with Crippen LogP contribution in [0.15, 0.2) is 54.3 Å². The molecule has 3 heterocycles. The highest BCUT2D eigenvalue weighted by Crippen LogP contribution is 2.25. The van der Waals surface area contributed by atoms with Gasteiger partial charge in [-0.3, -0.25) is 9.67 Å². The van der Waals surface area contributed by atoms with Crippen molar-refractivity contribution in [1.82, 2.24) is 19.7 Å². The van der Waals surface area contributed by atoms with E-state index in [9.17, 15) is 4.79 Å². The van der Waals surface area contributed by atoms with E-state index in [1.54, 1.807) is 35.3 Å². The summed E-state index contributed by atoms with van der Waals surface area (Å²) in [6.07, 6.45) is 4.97. The number of esters is 1. The lowest BCUT2D eigenvalue weighted by molar-refractivity contribution is 0.0526. The van der Waals surface area contributed by atoms with Crippen molar-refractivity contribution >= 4 is 17.3 Å². The number of benzene rings is 1. The highest BCUT2D eigenvalue weighted by molar-refractivity contribution is 7.09. The quantitative estimate of drug-likeness (QED) is 0.333. The van der Waals surface area contributed by atoms with E-state index in [-0.39, 0.29) is 5.97 Å². The fourth-order valence-electron chi connectivity index (χ4n) is 3.18. The predicted molar refractivity (Wildman–Crippen MR) is 125 cm³/mol. The van der Waals surface area contributed by atoms with Gasteiger partial charge in [0, 0.05) is 34.5 Å². The molecule has 0 unspecified atom stereocenters. The summed E-state index contributed by atoms with van der Waals surface area (Å²) in [5, 5.41) is 7.18. The Balaban J connectivity index is 1.53. The van der Waals surface area contributed by atoms with Gasteiger partial charge in [0.05, 0.1) is 36.3 Å². The normalized spacial score (nSPS) is 10.5. The number of carbonyl (C=O) groups excluding carboxylic acids is 1. The van der Waals surface area contributed by atoms with Crippen molar-refractivity contribution in [3.8, 4) is 23.1 Å². The van der Waals surface area contributed by atoms with Crippen LogP contribution in [0, 0.1) is 25.7 Å². The number of aryl methyl sites for hydroxylation is 2. The molecule has 0 amide bonds. The number of pyridine rings is 1. The second-order valence-electron chi connectivity index (χ2n) is 7.25. The molecule has 0 spiro atoms. The minimum atomic E-state index is -0.367. The molecule has 160 valence electrons. The second kappa shape index (κ2) is 9.58. The number of ether oxygens (including phenoxy) is 1. The zero-order chi connectivity index (χ0) is 22.5. The monoisotopic (exact) mass is 442 g/mol. The van der Waals surface area contributed by atoms with Crippen molar-refractivity contribution in [2.24, 2.45) is 0 Å². The first-order valence-corrected chi connectivity index (χ1v) is 11.1. The fourth-order valence-corrected chi connectivity index (χ4v) is 3.98. The highest BCUT2D eigenvalue weighted by Gasteiger charge is 2.11. The molecule has 0 radical (unpaired) electrons. The Kier molecular flexibility index (Phi) is 6.43. The highest BCUT2D eigenvalue weighted by atomic mass is 32.1. The molecular formula is C25H22N4O2S. The van der Waals surface area contributed by atoms with E-state index in [4.69, 9.17) is 9.72 Å². The van der Waals surface area contributed by atoms with Crippen molar-refractivity contribution in [1.29, 1.82) is 0 Å². The lowest BCUT2D eigenvalue weighted by atomic mass is 10.0. The molecule has 0 fully saturated rings. The Bertz CT molecular complexity index is 1330. The molecule has 0 saturated carbocycles. The fraction of sp³-hybridized carbons (Fsp3) is 0.200. The molecule has 7 heteroatoms. The predicted octanol–water partition coefficient (Wildman–Crippen LogP) is 4.64. The van der Waals surface area contributed by atoms with Gasteiger partial charge in [-0.2, -0.15) is 5.10 Å². The molecule has 4 aromatic rings. The van der Waals surface area contributed by atoms with Crippen molar-refractivity contribution in [2.45, 2.75) is 27.3 Å². The molecule has 0 saturated heterocycles. The third kappa shape index (κ3) is 5.10. The van der Waals surface area contributed by atoms with Crippen molar-refractivity contribution in [2.75, 3.05) is 6.61 Å². The first kappa shape index (κ1) is 21.5. The Morgan fingerprint density at radius 3 is 2.91 bits per heavy atom. The van der Waals surface area contributed by atoms with Crippen LogP contribution in [0.25, 0.3) is 11.3 Å². The summed E-state index contributed by atoms with van der Waals surface area (Å²) in [6, 6.07) is 10.1. The van der Waals surface area contributed by atoms with Crippen LogP contribution in [0.5, 0.6) is 0 Å². The Morgan fingerprint density at radius 1 is 1.22 bits per heavy atom. The van der Waals surface area contributed by atoms with E-state index in [2.05, 4.69) is 47.0 Å². The Morgan fingerprint density at radius 2 is 2.09 bits per heavy atom. The average Bonchev–Trinajstić information content (AvgIpc) is 3.43. The number of rotatable bonds is 5. The van der Waals surface area contributed by atoms with Crippen molar-refractivity contribution in [3.63, 3.8) is 0 Å². The van der Waals surface area contributed by atoms with Crippen LogP contribution in [0.3, 0.4) is 0 Å². The van der Waals surface area contributed by atoms with Crippen LogP contribution >= 0.6 is 11.3 Å². The standard InChI is InChI=1S/C25H22N4O2S/c1-4-31-25(30)22-13-27-29(14-22)15-24-28-23(16-32-24)21-11-17(2)10-19(12-21)7-8-20-6-5-9-26-18(20)3/h5-6,9-14,16H,4,15H2,1-3H3. The number of hydrogen-bond donors (Lipinski definition) is 0. The summed E-state index contributed by atoms with van der Waals surface area (Å²) in [4.78, 5) is 20.9. The number of carbonyl (C=O) groups is 1. The van der Waals surface area contributed by atoms with Gasteiger partial charge < -0.3 is 4.74 Å². The first-order chi connectivity index (χ1) is 15.5. The number of thiazole rings is 1. The third-order valence-corrected chi connectivity index (χ3v) is 5.55. The maximum absolute atomic E-state index is 11.8. The summed E-state index contributed by atoms with van der Waals surface area (Å²) < 4.78 is 6.70. The van der Waals surface area contributed by atoms with Gasteiger partial charge in [-0.1, -0.05) is 11.8 Å². The summed E-state index contributed by atoms with van der Waals surface area (Å²) >= 11 is 1.56. The summed E-state index contributed by atoms with van der Waals surface area (Å²) in [5.74, 6) is 6.10. The molecule has 0 N–H and O–H groups in total. The molecule has 1 aromatic carbocycles. The van der Waals surface area contributed by atoms with Gasteiger partial charge in [0.25, 0.3) is 0 Å².